The molecule has 0 spiro atoms. The topological polar surface area (TPSA) is 66.5 Å². The van der Waals surface area contributed by atoms with Crippen molar-refractivity contribution in [2.24, 2.45) is 5.92 Å². The fraction of sp³-hybridized carbons (Fsp3) is 0.438. The van der Waals surface area contributed by atoms with Crippen LogP contribution in [-0.4, -0.2) is 23.6 Å². The molecule has 1 fully saturated rings. The number of rotatable bonds is 6. The minimum Gasteiger partial charge on any atom is -0.326 e. The molecule has 5 nitrogen and oxygen atoms in total. The number of unbranched alkanes of at least 4 members (excludes halogenated alkanes) is 1. The molecular formula is C16H19ClN2O3. The normalized spacial score (nSPS) is 17.6. The molecule has 6 heteroatoms. The zero-order chi connectivity index (χ0) is 16.1. The smallest absolute Gasteiger partial charge is 0.227 e. The third kappa shape index (κ3) is 4.07. The van der Waals surface area contributed by atoms with Gasteiger partial charge in [-0.1, -0.05) is 19.4 Å². The zero-order valence-electron chi connectivity index (χ0n) is 12.5. The van der Waals surface area contributed by atoms with Gasteiger partial charge in [-0.2, -0.15) is 0 Å². The van der Waals surface area contributed by atoms with E-state index in [9.17, 15) is 14.4 Å². The Morgan fingerprint density at radius 3 is 2.82 bits per heavy atom. The largest absolute Gasteiger partial charge is 0.326 e. The van der Waals surface area contributed by atoms with Crippen LogP contribution in [0.3, 0.4) is 0 Å². The average molecular weight is 323 g/mol. The summed E-state index contributed by atoms with van der Waals surface area (Å²) in [6, 6.07) is 7.06. The first-order chi connectivity index (χ1) is 10.5. The molecule has 1 aliphatic rings. The van der Waals surface area contributed by atoms with Crippen LogP contribution in [0.25, 0.3) is 0 Å². The van der Waals surface area contributed by atoms with Crippen LogP contribution in [0.4, 0.5) is 11.4 Å². The maximum atomic E-state index is 12.0. The monoisotopic (exact) mass is 322 g/mol. The lowest BCUT2D eigenvalue weighted by Crippen LogP contribution is -2.25. The van der Waals surface area contributed by atoms with Crippen LogP contribution >= 0.6 is 11.6 Å². The molecule has 0 radical (unpaired) electrons. The van der Waals surface area contributed by atoms with Gasteiger partial charge in [0.25, 0.3) is 0 Å². The minimum absolute atomic E-state index is 0.0411. The van der Waals surface area contributed by atoms with E-state index in [0.717, 1.165) is 12.8 Å². The molecule has 0 bridgehead atoms. The second-order valence-electron chi connectivity index (χ2n) is 5.41. The molecule has 1 aliphatic heterocycles. The molecule has 1 heterocycles. The lowest BCUT2D eigenvalue weighted by molar-refractivity contribution is -0.120. The van der Waals surface area contributed by atoms with E-state index in [0.29, 0.717) is 17.8 Å². The molecular weight excluding hydrogens is 304 g/mol. The Bertz CT molecular complexity index is 589. The first kappa shape index (κ1) is 16.5. The van der Waals surface area contributed by atoms with Gasteiger partial charge < -0.3 is 10.2 Å². The lowest BCUT2D eigenvalue weighted by Gasteiger charge is -2.17. The van der Waals surface area contributed by atoms with Crippen LogP contribution in [0, 0.1) is 5.92 Å². The number of carbonyl (C=O) groups excluding carboxylic acids is 3. The van der Waals surface area contributed by atoms with Gasteiger partial charge in [0.05, 0.1) is 5.92 Å². The first-order valence-electron chi connectivity index (χ1n) is 7.41. The Labute approximate surface area is 134 Å². The summed E-state index contributed by atoms with van der Waals surface area (Å²) >= 11 is 5.48. The molecule has 2 rings (SSSR count). The highest BCUT2D eigenvalue weighted by molar-refractivity contribution is 6.64. The van der Waals surface area contributed by atoms with Gasteiger partial charge in [0, 0.05) is 30.8 Å². The Morgan fingerprint density at radius 2 is 2.18 bits per heavy atom. The number of hydrogen-bond acceptors (Lipinski definition) is 3. The molecule has 1 atom stereocenters. The summed E-state index contributed by atoms with van der Waals surface area (Å²) in [4.78, 5) is 36.5. The van der Waals surface area contributed by atoms with E-state index < -0.39 is 11.2 Å². The first-order valence-corrected chi connectivity index (χ1v) is 7.78. The van der Waals surface area contributed by atoms with Crippen molar-refractivity contribution in [2.45, 2.75) is 32.6 Å². The number of halogens is 1. The molecule has 0 aliphatic carbocycles. The van der Waals surface area contributed by atoms with Crippen molar-refractivity contribution in [1.82, 2.24) is 0 Å². The summed E-state index contributed by atoms with van der Waals surface area (Å²) in [5, 5.41) is 2.33. The molecule has 1 aromatic rings. The van der Waals surface area contributed by atoms with E-state index in [1.165, 1.54) is 4.90 Å². The summed E-state index contributed by atoms with van der Waals surface area (Å²) < 4.78 is 0. The predicted octanol–water partition coefficient (Wildman–Crippen LogP) is 2.93. The molecule has 1 N–H and O–H groups in total. The lowest BCUT2D eigenvalue weighted by atomic mass is 10.1. The van der Waals surface area contributed by atoms with Crippen molar-refractivity contribution >= 4 is 40.0 Å². The van der Waals surface area contributed by atoms with E-state index in [2.05, 4.69) is 5.32 Å². The fourth-order valence-corrected chi connectivity index (χ4v) is 2.57. The molecule has 22 heavy (non-hydrogen) atoms. The number of benzene rings is 1. The van der Waals surface area contributed by atoms with E-state index >= 15 is 0 Å². The van der Waals surface area contributed by atoms with E-state index in [1.54, 1.807) is 24.3 Å². The highest BCUT2D eigenvalue weighted by atomic mass is 35.5. The molecule has 1 aromatic carbocycles. The Balaban J connectivity index is 2.07. The second-order valence-corrected chi connectivity index (χ2v) is 5.78. The van der Waals surface area contributed by atoms with Crippen molar-refractivity contribution in [3.05, 3.63) is 24.3 Å². The van der Waals surface area contributed by atoms with Crippen LogP contribution in [0.5, 0.6) is 0 Å². The van der Waals surface area contributed by atoms with Crippen molar-refractivity contribution in [1.29, 1.82) is 0 Å². The van der Waals surface area contributed by atoms with Gasteiger partial charge in [-0.3, -0.25) is 14.4 Å². The maximum Gasteiger partial charge on any atom is 0.227 e. The molecule has 1 unspecified atom stereocenters. The van der Waals surface area contributed by atoms with Crippen molar-refractivity contribution < 1.29 is 14.4 Å². The van der Waals surface area contributed by atoms with Crippen molar-refractivity contribution in [3.63, 3.8) is 0 Å². The van der Waals surface area contributed by atoms with E-state index in [1.807, 2.05) is 6.92 Å². The number of anilines is 2. The molecule has 1 saturated heterocycles. The highest BCUT2D eigenvalue weighted by Gasteiger charge is 2.34. The maximum absolute atomic E-state index is 12.0. The van der Waals surface area contributed by atoms with Gasteiger partial charge in [0.15, 0.2) is 0 Å². The summed E-state index contributed by atoms with van der Waals surface area (Å²) in [6.07, 6.45) is 2.42. The summed E-state index contributed by atoms with van der Waals surface area (Å²) in [7, 11) is 0. The third-order valence-corrected chi connectivity index (χ3v) is 3.95. The summed E-state index contributed by atoms with van der Waals surface area (Å²) in [6.45, 7) is 2.32. The van der Waals surface area contributed by atoms with Gasteiger partial charge in [0.2, 0.25) is 17.1 Å². The number of carbonyl (C=O) groups is 3. The number of nitrogens with one attached hydrogen (secondary N) is 1. The minimum atomic E-state index is -0.486. The molecule has 2 amide bonds. The van der Waals surface area contributed by atoms with Gasteiger partial charge in [-0.25, -0.2) is 0 Å². The molecule has 0 saturated carbocycles. The predicted molar refractivity (Wildman–Crippen MR) is 85.9 cm³/mol. The van der Waals surface area contributed by atoms with Gasteiger partial charge >= 0.3 is 0 Å². The quantitative estimate of drug-likeness (QED) is 0.819. The Hall–Kier alpha value is -1.88. The Morgan fingerprint density at radius 1 is 1.41 bits per heavy atom. The van der Waals surface area contributed by atoms with Crippen LogP contribution in [0.1, 0.15) is 32.6 Å². The Kier molecular flexibility index (Phi) is 5.55. The number of amides is 2. The highest BCUT2D eigenvalue weighted by Crippen LogP contribution is 2.28. The van der Waals surface area contributed by atoms with Gasteiger partial charge in [-0.05, 0) is 36.2 Å². The standard InChI is InChI=1S/C16H19ClN2O3/c1-2-3-7-14(20)18-12-5-4-6-13(9-12)19-10-11(16(17)22)8-15(19)21/h4-6,9,11H,2-3,7-8,10H2,1H3,(H,18,20). The molecule has 118 valence electrons. The van der Waals surface area contributed by atoms with Gasteiger partial charge in [0.1, 0.15) is 0 Å². The van der Waals surface area contributed by atoms with Crippen LogP contribution < -0.4 is 10.2 Å². The van der Waals surface area contributed by atoms with Crippen molar-refractivity contribution in [3.8, 4) is 0 Å². The zero-order valence-corrected chi connectivity index (χ0v) is 13.2. The fourth-order valence-electron chi connectivity index (χ4n) is 2.42. The summed E-state index contributed by atoms with van der Waals surface area (Å²) in [5.41, 5.74) is 1.31. The molecule has 0 aromatic heterocycles. The van der Waals surface area contributed by atoms with E-state index in [-0.39, 0.29) is 24.8 Å². The van der Waals surface area contributed by atoms with Crippen molar-refractivity contribution in [2.75, 3.05) is 16.8 Å². The van der Waals surface area contributed by atoms with Crippen LogP contribution in [-0.2, 0) is 14.4 Å². The van der Waals surface area contributed by atoms with Gasteiger partial charge in [-0.15, -0.1) is 0 Å². The number of hydrogen-bond donors (Lipinski definition) is 1. The number of nitrogens with zero attached hydrogens (tertiary/aromatic N) is 1. The average Bonchev–Trinajstić information content (AvgIpc) is 2.87. The SMILES string of the molecule is CCCCC(=O)Nc1cccc(N2CC(C(=O)Cl)CC2=O)c1. The summed E-state index contributed by atoms with van der Waals surface area (Å²) in [5.74, 6) is -0.633. The van der Waals surface area contributed by atoms with Crippen LogP contribution in [0.2, 0.25) is 0 Å². The van der Waals surface area contributed by atoms with Crippen LogP contribution in [0.15, 0.2) is 24.3 Å². The second kappa shape index (κ2) is 7.40. The van der Waals surface area contributed by atoms with E-state index in [4.69, 9.17) is 11.6 Å². The third-order valence-electron chi connectivity index (χ3n) is 3.64.